The van der Waals surface area contributed by atoms with Crippen LogP contribution in [0.15, 0.2) is 24.5 Å². The van der Waals surface area contributed by atoms with E-state index in [2.05, 4.69) is 19.7 Å². The van der Waals surface area contributed by atoms with E-state index in [-0.39, 0.29) is 0 Å². The fourth-order valence-corrected chi connectivity index (χ4v) is 2.41. The number of rotatable bonds is 5. The Morgan fingerprint density at radius 2 is 2.33 bits per heavy atom. The summed E-state index contributed by atoms with van der Waals surface area (Å²) in [5.74, 6) is 1.86. The van der Waals surface area contributed by atoms with E-state index in [1.807, 2.05) is 18.3 Å². The molecule has 0 bridgehead atoms. The number of H-pyrrole nitrogens is 1. The largest absolute Gasteiger partial charge is 0.300 e. The topological polar surface area (TPSA) is 46.5 Å². The van der Waals surface area contributed by atoms with Crippen LogP contribution in [0.3, 0.4) is 0 Å². The number of hydrogen-bond donors (Lipinski definition) is 1. The Kier molecular flexibility index (Phi) is 3.23. The molecule has 4 nitrogen and oxygen atoms in total. The Labute approximate surface area is 111 Å². The Balaban J connectivity index is 1.79. The normalized spacial score (nSPS) is 14.9. The Morgan fingerprint density at radius 3 is 3.06 bits per heavy atom. The lowest BCUT2D eigenvalue weighted by atomic mass is 10.2. The molecule has 0 aromatic carbocycles. The van der Waals surface area contributed by atoms with Crippen molar-refractivity contribution in [2.45, 2.75) is 32.2 Å². The standard InChI is InChI=1S/C13H16N4S/c18-13-16-15-12(11-4-1-7-14-9-11)17(13)8-2-3-10-5-6-10/h1,4,7,9-10H,2-3,5-6,8H2,(H,16,18). The van der Waals surface area contributed by atoms with E-state index in [0.717, 1.165) is 23.9 Å². The number of aromatic nitrogens is 4. The van der Waals surface area contributed by atoms with Gasteiger partial charge in [-0.2, -0.15) is 5.10 Å². The molecule has 0 amide bonds. The monoisotopic (exact) mass is 260 g/mol. The number of nitrogens with zero attached hydrogens (tertiary/aromatic N) is 3. The number of nitrogens with one attached hydrogen (secondary N) is 1. The Bertz CT molecular complexity index is 568. The van der Waals surface area contributed by atoms with Crippen LogP contribution in [0, 0.1) is 10.7 Å². The summed E-state index contributed by atoms with van der Waals surface area (Å²) in [6.07, 6.45) is 8.88. The van der Waals surface area contributed by atoms with E-state index in [9.17, 15) is 0 Å². The minimum Gasteiger partial charge on any atom is -0.300 e. The van der Waals surface area contributed by atoms with Gasteiger partial charge in [0, 0.05) is 24.5 Å². The Hall–Kier alpha value is -1.49. The molecule has 0 spiro atoms. The third kappa shape index (κ3) is 2.51. The summed E-state index contributed by atoms with van der Waals surface area (Å²) in [4.78, 5) is 4.13. The first-order valence-electron chi connectivity index (χ1n) is 6.40. The number of aromatic amines is 1. The molecule has 5 heteroatoms. The van der Waals surface area contributed by atoms with E-state index < -0.39 is 0 Å². The maximum absolute atomic E-state index is 5.29. The molecule has 0 saturated heterocycles. The van der Waals surface area contributed by atoms with Gasteiger partial charge in [-0.3, -0.25) is 10.1 Å². The third-order valence-corrected chi connectivity index (χ3v) is 3.68. The molecule has 0 unspecified atom stereocenters. The van der Waals surface area contributed by atoms with E-state index in [1.54, 1.807) is 6.20 Å². The van der Waals surface area contributed by atoms with Crippen molar-refractivity contribution in [1.29, 1.82) is 0 Å². The first-order chi connectivity index (χ1) is 8.84. The van der Waals surface area contributed by atoms with E-state index in [0.29, 0.717) is 4.77 Å². The van der Waals surface area contributed by atoms with Gasteiger partial charge in [-0.15, -0.1) is 0 Å². The molecule has 3 rings (SSSR count). The quantitative estimate of drug-likeness (QED) is 0.840. The van der Waals surface area contributed by atoms with Gasteiger partial charge in [0.2, 0.25) is 0 Å². The van der Waals surface area contributed by atoms with Crippen molar-refractivity contribution in [2.24, 2.45) is 5.92 Å². The molecule has 2 aromatic heterocycles. The van der Waals surface area contributed by atoms with Gasteiger partial charge in [0.05, 0.1) is 0 Å². The molecule has 2 aromatic rings. The van der Waals surface area contributed by atoms with Crippen molar-refractivity contribution >= 4 is 12.2 Å². The van der Waals surface area contributed by atoms with Gasteiger partial charge in [0.25, 0.3) is 0 Å². The molecule has 1 aliphatic rings. The lowest BCUT2D eigenvalue weighted by Crippen LogP contribution is -2.01. The van der Waals surface area contributed by atoms with Crippen LogP contribution in [0.4, 0.5) is 0 Å². The molecule has 1 fully saturated rings. The summed E-state index contributed by atoms with van der Waals surface area (Å²) in [6, 6.07) is 3.93. The van der Waals surface area contributed by atoms with Gasteiger partial charge in [-0.25, -0.2) is 0 Å². The highest BCUT2D eigenvalue weighted by atomic mass is 32.1. The molecule has 0 aliphatic heterocycles. The van der Waals surface area contributed by atoms with E-state index in [4.69, 9.17) is 12.2 Å². The van der Waals surface area contributed by atoms with Crippen LogP contribution >= 0.6 is 12.2 Å². The third-order valence-electron chi connectivity index (χ3n) is 3.37. The van der Waals surface area contributed by atoms with Gasteiger partial charge in [-0.05, 0) is 43.1 Å². The summed E-state index contributed by atoms with van der Waals surface area (Å²) in [7, 11) is 0. The second kappa shape index (κ2) is 5.02. The minimum absolute atomic E-state index is 0.699. The highest BCUT2D eigenvalue weighted by Gasteiger charge is 2.20. The smallest absolute Gasteiger partial charge is 0.195 e. The zero-order chi connectivity index (χ0) is 12.4. The fraction of sp³-hybridized carbons (Fsp3) is 0.462. The maximum Gasteiger partial charge on any atom is 0.195 e. The van der Waals surface area contributed by atoms with Crippen molar-refractivity contribution in [3.8, 4) is 11.4 Å². The number of hydrogen-bond acceptors (Lipinski definition) is 3. The molecular formula is C13H16N4S. The number of pyridine rings is 1. The van der Waals surface area contributed by atoms with Crippen molar-refractivity contribution in [3.05, 3.63) is 29.3 Å². The predicted octanol–water partition coefficient (Wildman–Crippen LogP) is 3.19. The SMILES string of the molecule is S=c1[nH]nc(-c2cccnc2)n1CCCC1CC1. The van der Waals surface area contributed by atoms with Crippen LogP contribution in [0.2, 0.25) is 0 Å². The highest BCUT2D eigenvalue weighted by molar-refractivity contribution is 7.71. The highest BCUT2D eigenvalue weighted by Crippen LogP contribution is 2.33. The zero-order valence-corrected chi connectivity index (χ0v) is 11.0. The lowest BCUT2D eigenvalue weighted by Gasteiger charge is -2.06. The molecule has 18 heavy (non-hydrogen) atoms. The molecule has 0 radical (unpaired) electrons. The van der Waals surface area contributed by atoms with Crippen molar-refractivity contribution in [1.82, 2.24) is 19.7 Å². The molecule has 0 atom stereocenters. The summed E-state index contributed by atoms with van der Waals surface area (Å²) in [5, 5.41) is 7.18. The molecule has 94 valence electrons. The molecule has 2 heterocycles. The van der Waals surface area contributed by atoms with Crippen LogP contribution in [-0.2, 0) is 6.54 Å². The van der Waals surface area contributed by atoms with Crippen molar-refractivity contribution in [3.63, 3.8) is 0 Å². The van der Waals surface area contributed by atoms with Crippen LogP contribution in [0.1, 0.15) is 25.7 Å². The summed E-state index contributed by atoms with van der Waals surface area (Å²) >= 11 is 5.29. The second-order valence-corrected chi connectivity index (χ2v) is 5.22. The molecular weight excluding hydrogens is 244 g/mol. The van der Waals surface area contributed by atoms with Crippen molar-refractivity contribution < 1.29 is 0 Å². The second-order valence-electron chi connectivity index (χ2n) is 4.83. The summed E-state index contributed by atoms with van der Waals surface area (Å²) in [6.45, 7) is 0.941. The average molecular weight is 260 g/mol. The first-order valence-corrected chi connectivity index (χ1v) is 6.81. The zero-order valence-electron chi connectivity index (χ0n) is 10.2. The van der Waals surface area contributed by atoms with E-state index >= 15 is 0 Å². The van der Waals surface area contributed by atoms with Crippen LogP contribution in [-0.4, -0.2) is 19.7 Å². The van der Waals surface area contributed by atoms with Gasteiger partial charge in [-0.1, -0.05) is 12.8 Å². The molecule has 1 aliphatic carbocycles. The Morgan fingerprint density at radius 1 is 1.44 bits per heavy atom. The van der Waals surface area contributed by atoms with E-state index in [1.165, 1.54) is 25.7 Å². The van der Waals surface area contributed by atoms with Crippen LogP contribution in [0.5, 0.6) is 0 Å². The van der Waals surface area contributed by atoms with Gasteiger partial charge >= 0.3 is 0 Å². The van der Waals surface area contributed by atoms with Gasteiger partial charge < -0.3 is 4.57 Å². The van der Waals surface area contributed by atoms with Gasteiger partial charge in [0.1, 0.15) is 0 Å². The maximum atomic E-state index is 5.29. The van der Waals surface area contributed by atoms with Crippen molar-refractivity contribution in [2.75, 3.05) is 0 Å². The molecule has 1 saturated carbocycles. The van der Waals surface area contributed by atoms with Crippen LogP contribution in [0.25, 0.3) is 11.4 Å². The fourth-order valence-electron chi connectivity index (χ4n) is 2.19. The van der Waals surface area contributed by atoms with Crippen LogP contribution < -0.4 is 0 Å². The summed E-state index contributed by atoms with van der Waals surface area (Å²) < 4.78 is 2.78. The lowest BCUT2D eigenvalue weighted by molar-refractivity contribution is 0.575. The first kappa shape index (κ1) is 11.6. The van der Waals surface area contributed by atoms with Gasteiger partial charge in [0.15, 0.2) is 10.6 Å². The molecule has 1 N–H and O–H groups in total. The predicted molar refractivity (Wildman–Crippen MR) is 72.6 cm³/mol. The minimum atomic E-state index is 0.699. The average Bonchev–Trinajstić information content (AvgIpc) is 3.15. The summed E-state index contributed by atoms with van der Waals surface area (Å²) in [5.41, 5.74) is 1.01.